The minimum absolute atomic E-state index is 0.0427. The molecule has 7 nitrogen and oxygen atoms in total. The lowest BCUT2D eigenvalue weighted by Gasteiger charge is -2.16. The first kappa shape index (κ1) is 25.8. The number of benzene rings is 4. The number of rotatable bonds is 7. The van der Waals surface area contributed by atoms with Crippen LogP contribution in [0.25, 0.3) is 0 Å². The standard InChI is InChI=1S/C31H24ClN3O4/c1-19-8-9-20(2)26(18-19)34-29(36)21-10-12-22(13-11-21)33-28-27(32)30(37)35(31(28)38)23-14-16-25(17-15-23)39-24-6-4-3-5-7-24/h3-18,33H,1-2H3,(H,34,36). The third-order valence-corrected chi connectivity index (χ3v) is 6.51. The zero-order valence-electron chi connectivity index (χ0n) is 21.2. The van der Waals surface area contributed by atoms with Gasteiger partial charge in [0.05, 0.1) is 5.69 Å². The Balaban J connectivity index is 1.26. The average molecular weight is 538 g/mol. The van der Waals surface area contributed by atoms with Gasteiger partial charge in [0.15, 0.2) is 0 Å². The largest absolute Gasteiger partial charge is 0.457 e. The minimum Gasteiger partial charge on any atom is -0.457 e. The van der Waals surface area contributed by atoms with E-state index in [0.717, 1.165) is 21.7 Å². The molecule has 1 aliphatic rings. The second-order valence-corrected chi connectivity index (χ2v) is 9.40. The number of anilines is 3. The van der Waals surface area contributed by atoms with E-state index in [4.69, 9.17) is 16.3 Å². The third kappa shape index (κ3) is 5.54. The number of para-hydroxylation sites is 1. The first-order valence-electron chi connectivity index (χ1n) is 12.2. The van der Waals surface area contributed by atoms with Crippen LogP contribution in [-0.2, 0) is 9.59 Å². The number of nitrogens with one attached hydrogen (secondary N) is 2. The molecule has 0 bridgehead atoms. The van der Waals surface area contributed by atoms with E-state index >= 15 is 0 Å². The molecule has 3 amide bonds. The molecule has 2 N–H and O–H groups in total. The van der Waals surface area contributed by atoms with Gasteiger partial charge in [0.2, 0.25) is 0 Å². The number of hydrogen-bond acceptors (Lipinski definition) is 5. The molecule has 8 heteroatoms. The summed E-state index contributed by atoms with van der Waals surface area (Å²) in [5.41, 5.74) is 4.01. The zero-order valence-corrected chi connectivity index (χ0v) is 22.0. The fraction of sp³-hybridized carbons (Fsp3) is 0.0645. The van der Waals surface area contributed by atoms with Gasteiger partial charge >= 0.3 is 0 Å². The predicted octanol–water partition coefficient (Wildman–Crippen LogP) is 6.78. The van der Waals surface area contributed by atoms with Crippen LogP contribution < -0.4 is 20.3 Å². The van der Waals surface area contributed by atoms with Crippen LogP contribution in [0.2, 0.25) is 0 Å². The zero-order chi connectivity index (χ0) is 27.5. The monoisotopic (exact) mass is 537 g/mol. The van der Waals surface area contributed by atoms with Crippen LogP contribution in [0.15, 0.2) is 108 Å². The smallest absolute Gasteiger partial charge is 0.283 e. The molecule has 4 aromatic carbocycles. The van der Waals surface area contributed by atoms with E-state index in [-0.39, 0.29) is 16.6 Å². The van der Waals surface area contributed by atoms with Crippen molar-refractivity contribution in [1.82, 2.24) is 0 Å². The van der Waals surface area contributed by atoms with E-state index < -0.39 is 11.8 Å². The van der Waals surface area contributed by atoms with Crippen LogP contribution in [-0.4, -0.2) is 17.7 Å². The number of nitrogens with zero attached hydrogens (tertiary/aromatic N) is 1. The Labute approximate surface area is 230 Å². The first-order valence-corrected chi connectivity index (χ1v) is 12.5. The van der Waals surface area contributed by atoms with Crippen LogP contribution in [0.4, 0.5) is 17.1 Å². The van der Waals surface area contributed by atoms with Gasteiger partial charge in [0, 0.05) is 16.9 Å². The molecule has 0 aromatic heterocycles. The topological polar surface area (TPSA) is 87.7 Å². The van der Waals surface area contributed by atoms with Crippen molar-refractivity contribution in [2.75, 3.05) is 15.5 Å². The molecule has 4 aromatic rings. The highest BCUT2D eigenvalue weighted by molar-refractivity contribution is 6.53. The molecule has 0 unspecified atom stereocenters. The Kier molecular flexibility index (Phi) is 7.17. The second kappa shape index (κ2) is 10.8. The van der Waals surface area contributed by atoms with Crippen molar-refractivity contribution in [3.8, 4) is 11.5 Å². The van der Waals surface area contributed by atoms with Crippen LogP contribution in [0, 0.1) is 13.8 Å². The SMILES string of the molecule is Cc1ccc(C)c(NC(=O)c2ccc(NC3=C(Cl)C(=O)N(c4ccc(Oc5ccccc5)cc4)C3=O)cc2)c1. The van der Waals surface area contributed by atoms with E-state index in [1.165, 1.54) is 0 Å². The van der Waals surface area contributed by atoms with E-state index in [0.29, 0.717) is 28.4 Å². The van der Waals surface area contributed by atoms with Crippen LogP contribution in [0.5, 0.6) is 11.5 Å². The van der Waals surface area contributed by atoms with Crippen molar-refractivity contribution in [3.05, 3.63) is 124 Å². The normalized spacial score (nSPS) is 13.1. The number of halogens is 1. The Morgan fingerprint density at radius 3 is 2.15 bits per heavy atom. The van der Waals surface area contributed by atoms with Gasteiger partial charge in [-0.25, -0.2) is 4.90 Å². The number of imide groups is 1. The maximum Gasteiger partial charge on any atom is 0.283 e. The number of amides is 3. The first-order chi connectivity index (χ1) is 18.8. The maximum absolute atomic E-state index is 13.1. The molecule has 0 saturated carbocycles. The number of carbonyl (C=O) groups is 3. The molecule has 0 fully saturated rings. The molecule has 1 heterocycles. The van der Waals surface area contributed by atoms with E-state index in [1.807, 2.05) is 62.4 Å². The highest BCUT2D eigenvalue weighted by Crippen LogP contribution is 2.32. The summed E-state index contributed by atoms with van der Waals surface area (Å²) in [5, 5.41) is 5.62. The molecule has 39 heavy (non-hydrogen) atoms. The summed E-state index contributed by atoms with van der Waals surface area (Å²) in [4.78, 5) is 39.7. The summed E-state index contributed by atoms with van der Waals surface area (Å²) in [6.07, 6.45) is 0. The van der Waals surface area contributed by atoms with Crippen LogP contribution in [0.1, 0.15) is 21.5 Å². The summed E-state index contributed by atoms with van der Waals surface area (Å²) in [6, 6.07) is 28.2. The predicted molar refractivity (Wildman–Crippen MR) is 152 cm³/mol. The van der Waals surface area contributed by atoms with Gasteiger partial charge in [-0.15, -0.1) is 0 Å². The molecule has 0 aliphatic carbocycles. The molecule has 0 spiro atoms. The summed E-state index contributed by atoms with van der Waals surface area (Å²) in [6.45, 7) is 3.89. The average Bonchev–Trinajstić information content (AvgIpc) is 3.15. The lowest BCUT2D eigenvalue weighted by Crippen LogP contribution is -2.32. The highest BCUT2D eigenvalue weighted by atomic mass is 35.5. The fourth-order valence-electron chi connectivity index (χ4n) is 4.05. The van der Waals surface area contributed by atoms with Gasteiger partial charge in [0.1, 0.15) is 22.2 Å². The summed E-state index contributed by atoms with van der Waals surface area (Å²) in [5.74, 6) is -0.249. The van der Waals surface area contributed by atoms with Crippen molar-refractivity contribution >= 4 is 46.4 Å². The van der Waals surface area contributed by atoms with Gasteiger partial charge in [0.25, 0.3) is 17.7 Å². The number of hydrogen-bond donors (Lipinski definition) is 2. The summed E-state index contributed by atoms with van der Waals surface area (Å²) >= 11 is 6.27. The Hall–Kier alpha value is -4.88. The lowest BCUT2D eigenvalue weighted by atomic mass is 10.1. The highest BCUT2D eigenvalue weighted by Gasteiger charge is 2.39. The minimum atomic E-state index is -0.634. The van der Waals surface area contributed by atoms with Gasteiger partial charge in [-0.05, 0) is 91.7 Å². The number of aryl methyl sites for hydroxylation is 2. The van der Waals surface area contributed by atoms with Gasteiger partial charge in [-0.2, -0.15) is 0 Å². The molecule has 5 rings (SSSR count). The van der Waals surface area contributed by atoms with Crippen molar-refractivity contribution in [2.45, 2.75) is 13.8 Å². The Bertz CT molecular complexity index is 1600. The fourth-order valence-corrected chi connectivity index (χ4v) is 4.26. The molecule has 0 radical (unpaired) electrons. The van der Waals surface area contributed by atoms with Crippen LogP contribution >= 0.6 is 11.6 Å². The van der Waals surface area contributed by atoms with Gasteiger partial charge in [-0.1, -0.05) is 41.9 Å². The van der Waals surface area contributed by atoms with Gasteiger partial charge in [-0.3, -0.25) is 14.4 Å². The van der Waals surface area contributed by atoms with Crippen LogP contribution in [0.3, 0.4) is 0 Å². The maximum atomic E-state index is 13.1. The Morgan fingerprint density at radius 1 is 0.795 bits per heavy atom. The summed E-state index contributed by atoms with van der Waals surface area (Å²) in [7, 11) is 0. The summed E-state index contributed by atoms with van der Waals surface area (Å²) < 4.78 is 5.78. The quantitative estimate of drug-likeness (QED) is 0.254. The van der Waals surface area contributed by atoms with Gasteiger partial charge < -0.3 is 15.4 Å². The third-order valence-electron chi connectivity index (χ3n) is 6.16. The Morgan fingerprint density at radius 2 is 1.46 bits per heavy atom. The van der Waals surface area contributed by atoms with Crippen molar-refractivity contribution < 1.29 is 19.1 Å². The second-order valence-electron chi connectivity index (χ2n) is 9.02. The number of ether oxygens (including phenoxy) is 1. The van der Waals surface area contributed by atoms with Crippen molar-refractivity contribution in [2.24, 2.45) is 0 Å². The molecule has 1 aliphatic heterocycles. The van der Waals surface area contributed by atoms with E-state index in [2.05, 4.69) is 10.6 Å². The molecule has 0 atom stereocenters. The lowest BCUT2D eigenvalue weighted by molar-refractivity contribution is -0.120. The molecular weight excluding hydrogens is 514 g/mol. The van der Waals surface area contributed by atoms with Crippen molar-refractivity contribution in [3.63, 3.8) is 0 Å². The molecule has 194 valence electrons. The van der Waals surface area contributed by atoms with Crippen molar-refractivity contribution in [1.29, 1.82) is 0 Å². The number of carbonyl (C=O) groups excluding carboxylic acids is 3. The van der Waals surface area contributed by atoms with E-state index in [1.54, 1.807) is 48.5 Å². The van der Waals surface area contributed by atoms with E-state index in [9.17, 15) is 14.4 Å². The molecular formula is C31H24ClN3O4. The molecule has 0 saturated heterocycles.